The molecule has 0 unspecified atom stereocenters. The van der Waals surface area contributed by atoms with E-state index in [1.54, 1.807) is 0 Å². The fourth-order valence-corrected chi connectivity index (χ4v) is 2.57. The van der Waals surface area contributed by atoms with E-state index in [0.29, 0.717) is 0 Å². The molecule has 0 radical (unpaired) electrons. The van der Waals surface area contributed by atoms with Crippen molar-refractivity contribution in [2.75, 3.05) is 5.32 Å². The Balaban J connectivity index is 2.10. The third-order valence-electron chi connectivity index (χ3n) is 3.01. The number of aliphatic hydroxyl groups excluding tert-OH is 1. The van der Waals surface area contributed by atoms with Crippen LogP contribution >= 0.6 is 15.9 Å². The maximum absolute atomic E-state index is 9.72. The molecule has 1 fully saturated rings. The quantitative estimate of drug-likeness (QED) is 0.865. The highest BCUT2D eigenvalue weighted by Gasteiger charge is 2.24. The van der Waals surface area contributed by atoms with Crippen LogP contribution in [0, 0.1) is 6.92 Å². The molecule has 0 spiro atoms. The fraction of sp³-hybridized carbons (Fsp3) is 0.500. The number of halogens is 1. The Kier molecular flexibility index (Phi) is 3.32. The number of anilines is 1. The third kappa shape index (κ3) is 2.52. The van der Waals surface area contributed by atoms with Crippen molar-refractivity contribution in [3.05, 3.63) is 28.2 Å². The summed E-state index contributed by atoms with van der Waals surface area (Å²) in [6, 6.07) is 6.40. The highest BCUT2D eigenvalue weighted by molar-refractivity contribution is 9.10. The summed E-state index contributed by atoms with van der Waals surface area (Å²) in [7, 11) is 0. The largest absolute Gasteiger partial charge is 0.391 e. The topological polar surface area (TPSA) is 32.3 Å². The molecule has 2 nitrogen and oxygen atoms in total. The molecule has 0 bridgehead atoms. The van der Waals surface area contributed by atoms with Crippen LogP contribution in [0.25, 0.3) is 0 Å². The van der Waals surface area contributed by atoms with E-state index in [1.807, 2.05) is 6.07 Å². The van der Waals surface area contributed by atoms with Crippen molar-refractivity contribution in [3.63, 3.8) is 0 Å². The minimum Gasteiger partial charge on any atom is -0.391 e. The van der Waals surface area contributed by atoms with Crippen LogP contribution in [0.5, 0.6) is 0 Å². The molecule has 0 heterocycles. The normalized spacial score (nSPS) is 25.5. The molecule has 1 aliphatic rings. The predicted molar refractivity (Wildman–Crippen MR) is 66.1 cm³/mol. The summed E-state index contributed by atoms with van der Waals surface area (Å²) in [5, 5.41) is 13.1. The van der Waals surface area contributed by atoms with Gasteiger partial charge in [-0.1, -0.05) is 15.9 Å². The lowest BCUT2D eigenvalue weighted by molar-refractivity contribution is 0.172. The molecular weight excluding hydrogens is 254 g/mol. The summed E-state index contributed by atoms with van der Waals surface area (Å²) in [6.07, 6.45) is 2.92. The molecule has 1 aromatic carbocycles. The Labute approximate surface area is 98.8 Å². The summed E-state index contributed by atoms with van der Waals surface area (Å²) < 4.78 is 1.09. The Morgan fingerprint density at radius 3 is 2.80 bits per heavy atom. The van der Waals surface area contributed by atoms with Crippen molar-refractivity contribution >= 4 is 21.6 Å². The summed E-state index contributed by atoms with van der Waals surface area (Å²) >= 11 is 3.44. The predicted octanol–water partition coefficient (Wildman–Crippen LogP) is 3.08. The minimum absolute atomic E-state index is 0.187. The van der Waals surface area contributed by atoms with Crippen LogP contribution in [0.4, 0.5) is 5.69 Å². The Morgan fingerprint density at radius 1 is 1.40 bits per heavy atom. The van der Waals surface area contributed by atoms with E-state index in [4.69, 9.17) is 0 Å². The van der Waals surface area contributed by atoms with E-state index >= 15 is 0 Å². The van der Waals surface area contributed by atoms with Gasteiger partial charge in [0, 0.05) is 10.2 Å². The Morgan fingerprint density at radius 2 is 2.20 bits per heavy atom. The zero-order chi connectivity index (χ0) is 10.8. The van der Waals surface area contributed by atoms with Crippen LogP contribution in [0.3, 0.4) is 0 Å². The first-order valence-corrected chi connectivity index (χ1v) is 6.17. The van der Waals surface area contributed by atoms with Gasteiger partial charge in [-0.05, 0) is 49.9 Å². The molecule has 1 aromatic rings. The minimum atomic E-state index is -0.187. The van der Waals surface area contributed by atoms with Gasteiger partial charge in [0.1, 0.15) is 0 Å². The molecule has 0 saturated heterocycles. The van der Waals surface area contributed by atoms with Gasteiger partial charge >= 0.3 is 0 Å². The van der Waals surface area contributed by atoms with Crippen LogP contribution in [-0.2, 0) is 0 Å². The molecule has 82 valence electrons. The van der Waals surface area contributed by atoms with E-state index in [0.717, 1.165) is 29.4 Å². The number of nitrogens with one attached hydrogen (secondary N) is 1. The smallest absolute Gasteiger partial charge is 0.0741 e. The maximum Gasteiger partial charge on any atom is 0.0741 e. The molecule has 2 atom stereocenters. The van der Waals surface area contributed by atoms with E-state index < -0.39 is 0 Å². The van der Waals surface area contributed by atoms with Gasteiger partial charge in [0.05, 0.1) is 12.1 Å². The van der Waals surface area contributed by atoms with Crippen molar-refractivity contribution in [3.8, 4) is 0 Å². The Hall–Kier alpha value is -0.540. The molecule has 0 aliphatic heterocycles. The first kappa shape index (κ1) is 11.0. The van der Waals surface area contributed by atoms with E-state index in [9.17, 15) is 5.11 Å². The fourth-order valence-electron chi connectivity index (χ4n) is 2.10. The third-order valence-corrected chi connectivity index (χ3v) is 3.50. The molecule has 3 heteroatoms. The maximum atomic E-state index is 9.72. The summed E-state index contributed by atoms with van der Waals surface area (Å²) in [5.41, 5.74) is 2.34. The molecule has 1 aliphatic carbocycles. The van der Waals surface area contributed by atoms with Crippen LogP contribution in [0.2, 0.25) is 0 Å². The second-order valence-electron chi connectivity index (χ2n) is 4.21. The first-order chi connectivity index (χ1) is 7.16. The average molecular weight is 270 g/mol. The van der Waals surface area contributed by atoms with Gasteiger partial charge in [-0.25, -0.2) is 0 Å². The molecule has 0 aromatic heterocycles. The van der Waals surface area contributed by atoms with Crippen LogP contribution in [-0.4, -0.2) is 17.3 Å². The van der Waals surface area contributed by atoms with Crippen molar-refractivity contribution in [2.45, 2.75) is 38.3 Å². The van der Waals surface area contributed by atoms with Gasteiger partial charge < -0.3 is 10.4 Å². The number of rotatable bonds is 2. The van der Waals surface area contributed by atoms with Gasteiger partial charge in [-0.15, -0.1) is 0 Å². The van der Waals surface area contributed by atoms with Gasteiger partial charge in [0.15, 0.2) is 0 Å². The average Bonchev–Trinajstić information content (AvgIpc) is 2.57. The summed E-state index contributed by atoms with van der Waals surface area (Å²) in [4.78, 5) is 0. The molecule has 2 N–H and O–H groups in total. The molecule has 15 heavy (non-hydrogen) atoms. The van der Waals surface area contributed by atoms with Gasteiger partial charge in [0.2, 0.25) is 0 Å². The van der Waals surface area contributed by atoms with Crippen LogP contribution in [0.1, 0.15) is 24.8 Å². The monoisotopic (exact) mass is 269 g/mol. The van der Waals surface area contributed by atoms with Crippen molar-refractivity contribution in [2.24, 2.45) is 0 Å². The van der Waals surface area contributed by atoms with E-state index in [2.05, 4.69) is 40.3 Å². The molecule has 0 amide bonds. The van der Waals surface area contributed by atoms with Crippen molar-refractivity contribution in [1.29, 1.82) is 0 Å². The lowest BCUT2D eigenvalue weighted by Crippen LogP contribution is -2.28. The van der Waals surface area contributed by atoms with Crippen LogP contribution in [0.15, 0.2) is 22.7 Å². The van der Waals surface area contributed by atoms with E-state index in [-0.39, 0.29) is 12.1 Å². The van der Waals surface area contributed by atoms with Crippen molar-refractivity contribution < 1.29 is 5.11 Å². The van der Waals surface area contributed by atoms with Gasteiger partial charge in [-0.3, -0.25) is 0 Å². The number of hydrogen-bond donors (Lipinski definition) is 2. The number of benzene rings is 1. The standard InChI is InChI=1S/C12H16BrNO/c1-8-7-9(13)5-6-10(8)14-11-3-2-4-12(11)15/h5-7,11-12,14-15H,2-4H2,1H3/t11-,12-/m0/s1. The SMILES string of the molecule is Cc1cc(Br)ccc1N[C@H]1CCC[C@@H]1O. The zero-order valence-corrected chi connectivity index (χ0v) is 10.4. The number of hydrogen-bond acceptors (Lipinski definition) is 2. The zero-order valence-electron chi connectivity index (χ0n) is 8.83. The Bertz CT molecular complexity index is 353. The van der Waals surface area contributed by atoms with Gasteiger partial charge in [-0.2, -0.15) is 0 Å². The molecule has 2 rings (SSSR count). The highest BCUT2D eigenvalue weighted by atomic mass is 79.9. The van der Waals surface area contributed by atoms with E-state index in [1.165, 1.54) is 5.56 Å². The molecular formula is C12H16BrNO. The second-order valence-corrected chi connectivity index (χ2v) is 5.12. The first-order valence-electron chi connectivity index (χ1n) is 5.37. The number of aryl methyl sites for hydroxylation is 1. The molecule has 1 saturated carbocycles. The highest BCUT2D eigenvalue weighted by Crippen LogP contribution is 2.26. The van der Waals surface area contributed by atoms with Crippen LogP contribution < -0.4 is 5.32 Å². The second kappa shape index (κ2) is 4.54. The van der Waals surface area contributed by atoms with Gasteiger partial charge in [0.25, 0.3) is 0 Å². The lowest BCUT2D eigenvalue weighted by Gasteiger charge is -2.19. The summed E-state index contributed by atoms with van der Waals surface area (Å²) in [6.45, 7) is 2.08. The number of aliphatic hydroxyl groups is 1. The summed E-state index contributed by atoms with van der Waals surface area (Å²) in [5.74, 6) is 0. The lowest BCUT2D eigenvalue weighted by atomic mass is 10.1. The van der Waals surface area contributed by atoms with Crippen molar-refractivity contribution in [1.82, 2.24) is 0 Å².